The Labute approximate surface area is 178 Å². The van der Waals surface area contributed by atoms with Crippen LogP contribution in [0.3, 0.4) is 0 Å². The molecule has 0 radical (unpaired) electrons. The summed E-state index contributed by atoms with van der Waals surface area (Å²) < 4.78 is 11.9. The lowest BCUT2D eigenvalue weighted by molar-refractivity contribution is -0.395. The van der Waals surface area contributed by atoms with Crippen molar-refractivity contribution >= 4 is 11.8 Å². The Kier molecular flexibility index (Phi) is 4.97. The summed E-state index contributed by atoms with van der Waals surface area (Å²) in [5, 5.41) is 35.3. The molecule has 1 heterocycles. The fraction of sp³-hybridized carbons (Fsp3) is 0.826. The Morgan fingerprint density at radius 3 is 2.23 bits per heavy atom. The number of aliphatic hydroxyl groups excluding tert-OH is 2. The van der Waals surface area contributed by atoms with Gasteiger partial charge in [0, 0.05) is 24.2 Å². The van der Waals surface area contributed by atoms with Crippen molar-refractivity contribution in [2.45, 2.75) is 103 Å². The molecule has 3 N–H and O–H groups in total. The molecule has 8 atom stereocenters. The Morgan fingerprint density at radius 2 is 1.73 bits per heavy atom. The number of fused-ring (bicyclic) bond motifs is 3. The number of ether oxygens (including phenoxy) is 2. The predicted molar refractivity (Wildman–Crippen MR) is 109 cm³/mol. The van der Waals surface area contributed by atoms with Crippen molar-refractivity contribution in [2.75, 3.05) is 0 Å². The number of carbonyl (C=O) groups is 2. The molecular weight excluding hydrogens is 388 g/mol. The smallest absolute Gasteiger partial charge is 0.303 e. The van der Waals surface area contributed by atoms with Gasteiger partial charge in [0.1, 0.15) is 11.7 Å². The van der Waals surface area contributed by atoms with E-state index in [1.807, 2.05) is 13.8 Å². The van der Waals surface area contributed by atoms with Crippen molar-refractivity contribution in [1.29, 1.82) is 0 Å². The van der Waals surface area contributed by atoms with Crippen LogP contribution >= 0.6 is 0 Å². The lowest BCUT2D eigenvalue weighted by atomic mass is 9.33. The van der Waals surface area contributed by atoms with Gasteiger partial charge in [0.05, 0.1) is 11.7 Å². The van der Waals surface area contributed by atoms with E-state index in [1.54, 1.807) is 20.8 Å². The molecule has 7 heteroatoms. The molecule has 170 valence electrons. The fourth-order valence-electron chi connectivity index (χ4n) is 6.88. The van der Waals surface area contributed by atoms with E-state index in [9.17, 15) is 24.9 Å². The number of hydrogen-bond donors (Lipinski definition) is 3. The van der Waals surface area contributed by atoms with Crippen LogP contribution in [0.1, 0.15) is 67.7 Å². The van der Waals surface area contributed by atoms with Gasteiger partial charge in [0.15, 0.2) is 17.5 Å². The van der Waals surface area contributed by atoms with Crippen LogP contribution in [0.2, 0.25) is 0 Å². The van der Waals surface area contributed by atoms with Gasteiger partial charge in [-0.1, -0.05) is 33.8 Å². The largest absolute Gasteiger partial charge is 0.457 e. The first-order valence-electron chi connectivity index (χ1n) is 10.6. The van der Waals surface area contributed by atoms with Gasteiger partial charge in [-0.15, -0.1) is 6.58 Å². The third kappa shape index (κ3) is 2.35. The Hall–Kier alpha value is -1.28. The highest BCUT2D eigenvalue weighted by atomic mass is 16.6. The second-order valence-corrected chi connectivity index (χ2v) is 10.9. The summed E-state index contributed by atoms with van der Waals surface area (Å²) in [7, 11) is 0. The van der Waals surface area contributed by atoms with Crippen molar-refractivity contribution in [3.05, 3.63) is 12.7 Å². The Bertz CT molecular complexity index is 792. The summed E-state index contributed by atoms with van der Waals surface area (Å²) in [4.78, 5) is 25.8. The van der Waals surface area contributed by atoms with Crippen LogP contribution in [-0.4, -0.2) is 62.2 Å². The zero-order valence-corrected chi connectivity index (χ0v) is 19.1. The molecule has 0 aromatic heterocycles. The summed E-state index contributed by atoms with van der Waals surface area (Å²) in [6, 6.07) is 0. The molecule has 2 aliphatic carbocycles. The lowest BCUT2D eigenvalue weighted by Crippen LogP contribution is -2.89. The quantitative estimate of drug-likeness (QED) is 0.458. The molecule has 3 fully saturated rings. The second-order valence-electron chi connectivity index (χ2n) is 10.9. The molecular formula is C23H36O7. The molecule has 7 nitrogen and oxygen atoms in total. The van der Waals surface area contributed by atoms with Gasteiger partial charge in [0.2, 0.25) is 0 Å². The fourth-order valence-corrected chi connectivity index (χ4v) is 6.88. The zero-order chi connectivity index (χ0) is 23.1. The monoisotopic (exact) mass is 424 g/mol. The minimum atomic E-state index is -2.21. The summed E-state index contributed by atoms with van der Waals surface area (Å²) in [6.07, 6.45) is -1.46. The second kappa shape index (κ2) is 6.37. The topological polar surface area (TPSA) is 113 Å². The van der Waals surface area contributed by atoms with E-state index in [1.165, 1.54) is 19.9 Å². The Balaban J connectivity index is 2.40. The SMILES string of the molecule is C=C[C@@]1(C)CC(=O)[C@]2(O)[C@@]3(C)[C@@H](O)CCC(C)(C)[C@]3(C)[C@H](O)[C@H](OC(C)=O)[C@@]2(C)O1. The predicted octanol–water partition coefficient (Wildman–Crippen LogP) is 1.91. The van der Waals surface area contributed by atoms with Crippen molar-refractivity contribution in [3.8, 4) is 0 Å². The first-order valence-corrected chi connectivity index (χ1v) is 10.6. The highest BCUT2D eigenvalue weighted by Crippen LogP contribution is 2.72. The molecule has 2 saturated carbocycles. The standard InChI is InChI=1S/C23H36O7/c1-9-19(5)12-15(26)23(28)20(6)14(25)10-11-18(3,4)21(20,7)16(27)17(29-13(2)24)22(23,8)30-19/h9,14,16-17,25,27-28H,1,10-12H2,2-8H3/t14-,16+,17-,19-,20-,21-,22+,23-/m0/s1. The number of carbonyl (C=O) groups excluding carboxylic acids is 2. The maximum Gasteiger partial charge on any atom is 0.303 e. The summed E-state index contributed by atoms with van der Waals surface area (Å²) in [5.74, 6) is -1.18. The third-order valence-electron chi connectivity index (χ3n) is 9.17. The van der Waals surface area contributed by atoms with E-state index in [0.717, 1.165) is 0 Å². The van der Waals surface area contributed by atoms with Gasteiger partial charge in [0.25, 0.3) is 0 Å². The lowest BCUT2D eigenvalue weighted by Gasteiger charge is -2.75. The van der Waals surface area contributed by atoms with Crippen LogP contribution in [0.4, 0.5) is 0 Å². The number of esters is 1. The molecule has 0 unspecified atom stereocenters. The van der Waals surface area contributed by atoms with E-state index in [0.29, 0.717) is 12.8 Å². The number of rotatable bonds is 2. The first kappa shape index (κ1) is 23.4. The molecule has 1 saturated heterocycles. The van der Waals surface area contributed by atoms with Crippen molar-refractivity contribution < 1.29 is 34.4 Å². The summed E-state index contributed by atoms with van der Waals surface area (Å²) >= 11 is 0. The average molecular weight is 425 g/mol. The van der Waals surface area contributed by atoms with Crippen molar-refractivity contribution in [1.82, 2.24) is 0 Å². The number of aliphatic hydroxyl groups is 3. The zero-order valence-electron chi connectivity index (χ0n) is 19.1. The molecule has 0 bridgehead atoms. The van der Waals surface area contributed by atoms with Gasteiger partial charge in [-0.3, -0.25) is 9.59 Å². The highest BCUT2D eigenvalue weighted by Gasteiger charge is 2.84. The molecule has 0 aromatic rings. The maximum atomic E-state index is 13.7. The molecule has 0 amide bonds. The van der Waals surface area contributed by atoms with Gasteiger partial charge in [-0.25, -0.2) is 0 Å². The van der Waals surface area contributed by atoms with Crippen LogP contribution in [0.5, 0.6) is 0 Å². The molecule has 0 spiro atoms. The minimum absolute atomic E-state index is 0.149. The summed E-state index contributed by atoms with van der Waals surface area (Å²) in [5.41, 5.74) is -8.38. The van der Waals surface area contributed by atoms with Crippen LogP contribution in [0.25, 0.3) is 0 Å². The van der Waals surface area contributed by atoms with Crippen LogP contribution in [-0.2, 0) is 19.1 Å². The molecule has 30 heavy (non-hydrogen) atoms. The van der Waals surface area contributed by atoms with Crippen LogP contribution < -0.4 is 0 Å². The third-order valence-corrected chi connectivity index (χ3v) is 9.17. The highest BCUT2D eigenvalue weighted by molar-refractivity contribution is 5.92. The number of ketones is 1. The van der Waals surface area contributed by atoms with Crippen molar-refractivity contribution in [3.63, 3.8) is 0 Å². The van der Waals surface area contributed by atoms with Crippen LogP contribution in [0.15, 0.2) is 12.7 Å². The Morgan fingerprint density at radius 1 is 1.17 bits per heavy atom. The molecule has 3 aliphatic rings. The number of Topliss-reactive ketones (excluding diaryl/α,β-unsaturated/α-hetero) is 1. The normalized spacial score (nSPS) is 52.7. The first-order chi connectivity index (χ1) is 13.5. The average Bonchev–Trinajstić information content (AvgIpc) is 2.64. The van der Waals surface area contributed by atoms with E-state index in [-0.39, 0.29) is 6.42 Å². The van der Waals surface area contributed by atoms with Gasteiger partial charge >= 0.3 is 5.97 Å². The number of hydrogen-bond acceptors (Lipinski definition) is 7. The van der Waals surface area contributed by atoms with E-state index >= 15 is 0 Å². The van der Waals surface area contributed by atoms with Gasteiger partial charge < -0.3 is 24.8 Å². The van der Waals surface area contributed by atoms with E-state index < -0.39 is 63.1 Å². The molecule has 1 aliphatic heterocycles. The molecule has 3 rings (SSSR count). The van der Waals surface area contributed by atoms with Crippen LogP contribution in [0, 0.1) is 16.2 Å². The van der Waals surface area contributed by atoms with Crippen molar-refractivity contribution in [2.24, 2.45) is 16.2 Å². The van der Waals surface area contributed by atoms with Gasteiger partial charge in [-0.05, 0) is 32.1 Å². The van der Waals surface area contributed by atoms with E-state index in [4.69, 9.17) is 9.47 Å². The molecule has 0 aromatic carbocycles. The maximum absolute atomic E-state index is 13.7. The van der Waals surface area contributed by atoms with E-state index in [2.05, 4.69) is 6.58 Å². The minimum Gasteiger partial charge on any atom is -0.457 e. The van der Waals surface area contributed by atoms with Gasteiger partial charge in [-0.2, -0.15) is 0 Å². The summed E-state index contributed by atoms with van der Waals surface area (Å²) in [6.45, 7) is 15.4.